The average molecular weight is 264 g/mol. The van der Waals surface area contributed by atoms with Crippen LogP contribution in [0.1, 0.15) is 19.8 Å². The Morgan fingerprint density at radius 1 is 1.37 bits per heavy atom. The lowest BCUT2D eigenvalue weighted by Gasteiger charge is -2.43. The molecule has 1 saturated carbocycles. The SMILES string of the molecule is CCOC(=O)C[C@@]1(O)C=C[C@H](O)[C@H]2[C@@H]1[C@H]1C=C[C@@H]2C1. The largest absolute Gasteiger partial charge is 0.466 e. The van der Waals surface area contributed by atoms with Crippen LogP contribution in [0.2, 0.25) is 0 Å². The van der Waals surface area contributed by atoms with Gasteiger partial charge in [-0.1, -0.05) is 24.3 Å². The van der Waals surface area contributed by atoms with Crippen molar-refractivity contribution in [3.8, 4) is 0 Å². The second kappa shape index (κ2) is 4.46. The third-order valence-corrected chi connectivity index (χ3v) is 4.81. The third kappa shape index (κ3) is 1.94. The Bertz CT molecular complexity index is 441. The van der Waals surface area contributed by atoms with Crippen LogP contribution in [0.5, 0.6) is 0 Å². The number of hydrogen-bond acceptors (Lipinski definition) is 4. The molecule has 2 N–H and O–H groups in total. The van der Waals surface area contributed by atoms with Gasteiger partial charge in [0.2, 0.25) is 0 Å². The maximum Gasteiger partial charge on any atom is 0.309 e. The van der Waals surface area contributed by atoms with Gasteiger partial charge in [0.15, 0.2) is 0 Å². The van der Waals surface area contributed by atoms with Crippen LogP contribution < -0.4 is 0 Å². The summed E-state index contributed by atoms with van der Waals surface area (Å²) in [4.78, 5) is 11.7. The summed E-state index contributed by atoms with van der Waals surface area (Å²) < 4.78 is 4.95. The van der Waals surface area contributed by atoms with Crippen molar-refractivity contribution in [1.29, 1.82) is 0 Å². The molecule has 0 radical (unpaired) electrons. The second-order valence-electron chi connectivity index (χ2n) is 5.87. The van der Waals surface area contributed by atoms with E-state index < -0.39 is 11.7 Å². The second-order valence-corrected chi connectivity index (χ2v) is 5.87. The third-order valence-electron chi connectivity index (χ3n) is 4.81. The lowest BCUT2D eigenvalue weighted by molar-refractivity contribution is -0.151. The van der Waals surface area contributed by atoms with E-state index in [1.807, 2.05) is 0 Å². The summed E-state index contributed by atoms with van der Waals surface area (Å²) in [6.45, 7) is 2.08. The fourth-order valence-corrected chi connectivity index (χ4v) is 4.15. The van der Waals surface area contributed by atoms with Crippen molar-refractivity contribution in [2.45, 2.75) is 31.5 Å². The Morgan fingerprint density at radius 2 is 2.11 bits per heavy atom. The number of aliphatic hydroxyl groups excluding tert-OH is 1. The molecule has 4 heteroatoms. The van der Waals surface area contributed by atoms with Gasteiger partial charge in [0.05, 0.1) is 24.7 Å². The highest BCUT2D eigenvalue weighted by atomic mass is 16.5. The minimum absolute atomic E-state index is 0.0255. The van der Waals surface area contributed by atoms with Gasteiger partial charge >= 0.3 is 5.97 Å². The number of hydrogen-bond donors (Lipinski definition) is 2. The van der Waals surface area contributed by atoms with Gasteiger partial charge in [-0.25, -0.2) is 0 Å². The van der Waals surface area contributed by atoms with Crippen molar-refractivity contribution in [1.82, 2.24) is 0 Å². The van der Waals surface area contributed by atoms with Gasteiger partial charge in [-0.15, -0.1) is 0 Å². The quantitative estimate of drug-likeness (QED) is 0.590. The number of esters is 1. The zero-order valence-electron chi connectivity index (χ0n) is 11.0. The standard InChI is InChI=1S/C15H20O4/c1-2-19-12(17)8-15(18)6-5-11(16)13-9-3-4-10(7-9)14(13)15/h3-6,9-11,13-14,16,18H,2,7-8H2,1H3/t9-,10+,11+,13+,14+,15+/m1/s1. The first-order valence-electron chi connectivity index (χ1n) is 6.99. The van der Waals surface area contributed by atoms with Gasteiger partial charge < -0.3 is 14.9 Å². The molecule has 0 aromatic rings. The van der Waals surface area contributed by atoms with Crippen LogP contribution in [0.3, 0.4) is 0 Å². The number of aliphatic hydroxyl groups is 2. The first-order chi connectivity index (χ1) is 9.05. The van der Waals surface area contributed by atoms with Gasteiger partial charge in [-0.05, 0) is 25.2 Å². The molecule has 3 aliphatic rings. The Balaban J connectivity index is 1.86. The number of allylic oxidation sites excluding steroid dienone is 2. The van der Waals surface area contributed by atoms with E-state index in [2.05, 4.69) is 12.2 Å². The van der Waals surface area contributed by atoms with Gasteiger partial charge in [-0.3, -0.25) is 4.79 Å². The van der Waals surface area contributed by atoms with E-state index in [4.69, 9.17) is 4.74 Å². The van der Waals surface area contributed by atoms with Crippen LogP contribution in [0, 0.1) is 23.7 Å². The molecule has 3 rings (SSSR count). The smallest absolute Gasteiger partial charge is 0.309 e. The van der Waals surface area contributed by atoms with E-state index >= 15 is 0 Å². The van der Waals surface area contributed by atoms with E-state index in [1.54, 1.807) is 19.1 Å². The number of fused-ring (bicyclic) bond motifs is 5. The first kappa shape index (κ1) is 12.9. The van der Waals surface area contributed by atoms with Gasteiger partial charge in [-0.2, -0.15) is 0 Å². The van der Waals surface area contributed by atoms with Crippen LogP contribution in [0.25, 0.3) is 0 Å². The molecule has 0 aromatic carbocycles. The summed E-state index contributed by atoms with van der Waals surface area (Å²) in [5.41, 5.74) is -1.18. The summed E-state index contributed by atoms with van der Waals surface area (Å²) in [5.74, 6) is 0.153. The lowest BCUT2D eigenvalue weighted by atomic mass is 9.65. The molecule has 0 amide bonds. The molecule has 0 aromatic heterocycles. The molecule has 104 valence electrons. The molecule has 4 nitrogen and oxygen atoms in total. The Morgan fingerprint density at radius 3 is 2.84 bits per heavy atom. The summed E-state index contributed by atoms with van der Waals surface area (Å²) in [5, 5.41) is 21.0. The fourth-order valence-electron chi connectivity index (χ4n) is 4.15. The number of rotatable bonds is 3. The molecule has 1 fully saturated rings. The maximum absolute atomic E-state index is 11.7. The van der Waals surface area contributed by atoms with Crippen LogP contribution in [0.15, 0.2) is 24.3 Å². The predicted octanol–water partition coefficient (Wildman–Crippen LogP) is 1.04. The zero-order chi connectivity index (χ0) is 13.6. The van der Waals surface area contributed by atoms with Crippen LogP contribution in [0.4, 0.5) is 0 Å². The van der Waals surface area contributed by atoms with Crippen LogP contribution in [-0.2, 0) is 9.53 Å². The highest BCUT2D eigenvalue weighted by Gasteiger charge is 2.57. The predicted molar refractivity (Wildman–Crippen MR) is 69.1 cm³/mol. The molecular weight excluding hydrogens is 244 g/mol. The van der Waals surface area contributed by atoms with Crippen molar-refractivity contribution in [3.63, 3.8) is 0 Å². The minimum Gasteiger partial charge on any atom is -0.466 e. The molecular formula is C15H20O4. The van der Waals surface area contributed by atoms with E-state index in [0.717, 1.165) is 6.42 Å². The molecule has 0 aliphatic heterocycles. The monoisotopic (exact) mass is 264 g/mol. The summed E-state index contributed by atoms with van der Waals surface area (Å²) in [6, 6.07) is 0. The van der Waals surface area contributed by atoms with Gasteiger partial charge in [0.25, 0.3) is 0 Å². The van der Waals surface area contributed by atoms with Crippen molar-refractivity contribution in [2.24, 2.45) is 23.7 Å². The zero-order valence-corrected chi connectivity index (χ0v) is 11.0. The summed E-state index contributed by atoms with van der Waals surface area (Å²) >= 11 is 0. The highest BCUT2D eigenvalue weighted by molar-refractivity contribution is 5.71. The average Bonchev–Trinajstić information content (AvgIpc) is 2.95. The molecule has 0 spiro atoms. The number of carbonyl (C=O) groups is 1. The molecule has 2 bridgehead atoms. The van der Waals surface area contributed by atoms with Crippen molar-refractivity contribution in [3.05, 3.63) is 24.3 Å². The first-order valence-corrected chi connectivity index (χ1v) is 6.99. The van der Waals surface area contributed by atoms with E-state index in [-0.39, 0.29) is 30.1 Å². The molecule has 6 atom stereocenters. The molecule has 3 aliphatic carbocycles. The Hall–Kier alpha value is -1.13. The summed E-state index contributed by atoms with van der Waals surface area (Å²) in [7, 11) is 0. The van der Waals surface area contributed by atoms with Gasteiger partial charge in [0, 0.05) is 11.8 Å². The fraction of sp³-hybridized carbons (Fsp3) is 0.667. The highest BCUT2D eigenvalue weighted by Crippen LogP contribution is 2.56. The molecule has 0 heterocycles. The van der Waals surface area contributed by atoms with E-state index in [9.17, 15) is 15.0 Å². The number of carbonyl (C=O) groups excluding carboxylic acids is 1. The lowest BCUT2D eigenvalue weighted by Crippen LogP contribution is -2.50. The van der Waals surface area contributed by atoms with Crippen LogP contribution >= 0.6 is 0 Å². The van der Waals surface area contributed by atoms with Crippen molar-refractivity contribution < 1.29 is 19.7 Å². The number of ether oxygens (including phenoxy) is 1. The Kier molecular flexibility index (Phi) is 3.02. The molecule has 0 saturated heterocycles. The van der Waals surface area contributed by atoms with Crippen molar-refractivity contribution >= 4 is 5.97 Å². The van der Waals surface area contributed by atoms with E-state index in [1.165, 1.54) is 0 Å². The minimum atomic E-state index is -1.18. The normalized spacial score (nSPS) is 46.4. The van der Waals surface area contributed by atoms with E-state index in [0.29, 0.717) is 12.5 Å². The van der Waals surface area contributed by atoms with Crippen molar-refractivity contribution in [2.75, 3.05) is 6.61 Å². The van der Waals surface area contributed by atoms with Crippen LogP contribution in [-0.4, -0.2) is 34.5 Å². The summed E-state index contributed by atoms with van der Waals surface area (Å²) in [6.07, 6.45) is 7.92. The molecule has 19 heavy (non-hydrogen) atoms. The molecule has 0 unspecified atom stereocenters. The maximum atomic E-state index is 11.7. The van der Waals surface area contributed by atoms with Gasteiger partial charge in [0.1, 0.15) is 0 Å². The topological polar surface area (TPSA) is 66.8 Å². The Labute approximate surface area is 112 Å².